The van der Waals surface area contributed by atoms with E-state index in [1.807, 2.05) is 35.7 Å². The molecule has 0 bridgehead atoms. The van der Waals surface area contributed by atoms with Crippen LogP contribution in [0.2, 0.25) is 5.02 Å². The summed E-state index contributed by atoms with van der Waals surface area (Å²) in [7, 11) is 0. The van der Waals surface area contributed by atoms with E-state index in [4.69, 9.17) is 16.3 Å². The molecule has 0 saturated carbocycles. The first-order valence-corrected chi connectivity index (χ1v) is 9.05. The predicted molar refractivity (Wildman–Crippen MR) is 96.1 cm³/mol. The van der Waals surface area contributed by atoms with Crippen LogP contribution >= 0.6 is 22.9 Å². The van der Waals surface area contributed by atoms with Gasteiger partial charge in [-0.1, -0.05) is 35.9 Å². The maximum atomic E-state index is 12.0. The molecular weight excluding hydrogens is 346 g/mol. The van der Waals surface area contributed by atoms with Crippen molar-refractivity contribution in [3.05, 3.63) is 57.2 Å². The molecule has 24 heavy (non-hydrogen) atoms. The summed E-state index contributed by atoms with van der Waals surface area (Å²) in [6.45, 7) is 1.87. The molecule has 2 rings (SSSR count). The van der Waals surface area contributed by atoms with E-state index in [0.717, 1.165) is 12.0 Å². The molecule has 0 aliphatic rings. The van der Waals surface area contributed by atoms with Gasteiger partial charge in [-0.15, -0.1) is 11.3 Å². The Balaban J connectivity index is 1.68. The normalized spacial score (nSPS) is 11.8. The molecular formula is C18H20ClNO3S. The van der Waals surface area contributed by atoms with Gasteiger partial charge in [0.25, 0.3) is 5.91 Å². The summed E-state index contributed by atoms with van der Waals surface area (Å²) in [6.07, 6.45) is 1.05. The summed E-state index contributed by atoms with van der Waals surface area (Å²) in [6, 6.07) is 11.3. The number of ether oxygens (including phenoxy) is 1. The summed E-state index contributed by atoms with van der Waals surface area (Å²) in [4.78, 5) is 25.0. The Morgan fingerprint density at radius 2 is 2.04 bits per heavy atom. The van der Waals surface area contributed by atoms with Crippen molar-refractivity contribution in [2.75, 3.05) is 0 Å². The van der Waals surface area contributed by atoms with E-state index in [9.17, 15) is 9.59 Å². The van der Waals surface area contributed by atoms with E-state index in [1.165, 1.54) is 4.88 Å². The fourth-order valence-electron chi connectivity index (χ4n) is 2.14. The second-order valence-electron chi connectivity index (χ2n) is 5.37. The van der Waals surface area contributed by atoms with Crippen LogP contribution in [-0.4, -0.2) is 18.0 Å². The average Bonchev–Trinajstić information content (AvgIpc) is 3.07. The zero-order chi connectivity index (χ0) is 17.4. The summed E-state index contributed by atoms with van der Waals surface area (Å²) in [5, 5.41) is 5.33. The van der Waals surface area contributed by atoms with Crippen LogP contribution < -0.4 is 5.32 Å². The number of thiophene rings is 1. The molecule has 0 saturated heterocycles. The Kier molecular flexibility index (Phi) is 7.28. The van der Waals surface area contributed by atoms with Crippen molar-refractivity contribution in [3.63, 3.8) is 0 Å². The number of hydrogen-bond acceptors (Lipinski definition) is 4. The Morgan fingerprint density at radius 1 is 1.25 bits per heavy atom. The fourth-order valence-corrected chi connectivity index (χ4v) is 3.09. The molecule has 1 aromatic carbocycles. The van der Waals surface area contributed by atoms with Crippen molar-refractivity contribution in [2.45, 2.75) is 38.8 Å². The number of halogens is 1. The van der Waals surface area contributed by atoms with E-state index in [2.05, 4.69) is 5.32 Å². The van der Waals surface area contributed by atoms with Gasteiger partial charge < -0.3 is 10.1 Å². The van der Waals surface area contributed by atoms with Gasteiger partial charge in [0.15, 0.2) is 6.10 Å². The van der Waals surface area contributed by atoms with Gasteiger partial charge in [-0.3, -0.25) is 9.59 Å². The van der Waals surface area contributed by atoms with E-state index >= 15 is 0 Å². The number of carbonyl (C=O) groups excluding carboxylic acids is 2. The molecule has 128 valence electrons. The zero-order valence-corrected chi connectivity index (χ0v) is 15.0. The SMILES string of the molecule is C[C@H](OC(=O)CCCc1cccs1)C(=O)NCc1ccccc1Cl. The molecule has 1 N–H and O–H groups in total. The largest absolute Gasteiger partial charge is 0.453 e. The van der Waals surface area contributed by atoms with Gasteiger partial charge in [-0.25, -0.2) is 0 Å². The quantitative estimate of drug-likeness (QED) is 0.720. The van der Waals surface area contributed by atoms with E-state index < -0.39 is 6.10 Å². The van der Waals surface area contributed by atoms with Gasteiger partial charge in [-0.05, 0) is 42.8 Å². The van der Waals surface area contributed by atoms with Crippen LogP contribution in [0.4, 0.5) is 0 Å². The highest BCUT2D eigenvalue weighted by molar-refractivity contribution is 7.09. The lowest BCUT2D eigenvalue weighted by atomic mass is 10.2. The highest BCUT2D eigenvalue weighted by Gasteiger charge is 2.17. The Morgan fingerprint density at radius 3 is 2.75 bits per heavy atom. The fraction of sp³-hybridized carbons (Fsp3) is 0.333. The van der Waals surface area contributed by atoms with E-state index in [-0.39, 0.29) is 11.9 Å². The van der Waals surface area contributed by atoms with Gasteiger partial charge in [0.05, 0.1) is 0 Å². The van der Waals surface area contributed by atoms with Crippen molar-refractivity contribution in [1.82, 2.24) is 5.32 Å². The van der Waals surface area contributed by atoms with Gasteiger partial charge in [-0.2, -0.15) is 0 Å². The molecule has 0 aliphatic carbocycles. The average molecular weight is 366 g/mol. The summed E-state index contributed by atoms with van der Waals surface area (Å²) < 4.78 is 5.17. The number of hydrogen-bond donors (Lipinski definition) is 1. The predicted octanol–water partition coefficient (Wildman–Crippen LogP) is 3.97. The van der Waals surface area contributed by atoms with Crippen molar-refractivity contribution in [1.29, 1.82) is 0 Å². The minimum absolute atomic E-state index is 0.304. The van der Waals surface area contributed by atoms with Crippen molar-refractivity contribution in [3.8, 4) is 0 Å². The Labute approximate surface area is 150 Å². The number of amides is 1. The van der Waals surface area contributed by atoms with Crippen molar-refractivity contribution in [2.24, 2.45) is 0 Å². The Bertz CT molecular complexity index is 673. The van der Waals surface area contributed by atoms with Crippen LogP contribution in [0.25, 0.3) is 0 Å². The number of benzene rings is 1. The maximum absolute atomic E-state index is 12.0. The zero-order valence-electron chi connectivity index (χ0n) is 13.5. The lowest BCUT2D eigenvalue weighted by Gasteiger charge is -2.14. The summed E-state index contributed by atoms with van der Waals surface area (Å²) in [5.74, 6) is -0.687. The first-order chi connectivity index (χ1) is 11.6. The molecule has 0 radical (unpaired) electrons. The number of nitrogens with one attached hydrogen (secondary N) is 1. The van der Waals surface area contributed by atoms with E-state index in [0.29, 0.717) is 24.4 Å². The minimum Gasteiger partial charge on any atom is -0.453 e. The lowest BCUT2D eigenvalue weighted by molar-refractivity contribution is -0.154. The standard InChI is InChI=1S/C18H20ClNO3S/c1-13(18(22)20-12-14-6-2-3-9-16(14)19)23-17(21)10-4-7-15-8-5-11-24-15/h2-3,5-6,8-9,11,13H,4,7,10,12H2,1H3,(H,20,22)/t13-/m0/s1. The van der Waals surface area contributed by atoms with Crippen LogP contribution in [0.5, 0.6) is 0 Å². The van der Waals surface area contributed by atoms with Gasteiger partial charge >= 0.3 is 5.97 Å². The molecule has 1 aromatic heterocycles. The van der Waals surface area contributed by atoms with Crippen LogP contribution in [-0.2, 0) is 27.3 Å². The molecule has 1 heterocycles. The monoisotopic (exact) mass is 365 g/mol. The third kappa shape index (κ3) is 5.98. The molecule has 2 aromatic rings. The summed E-state index contributed by atoms with van der Waals surface area (Å²) >= 11 is 7.71. The first-order valence-electron chi connectivity index (χ1n) is 7.79. The van der Waals surface area contributed by atoms with Crippen LogP contribution in [0, 0.1) is 0 Å². The van der Waals surface area contributed by atoms with Crippen molar-refractivity contribution < 1.29 is 14.3 Å². The number of carbonyl (C=O) groups is 2. The first kappa shape index (κ1) is 18.5. The Hall–Kier alpha value is -1.85. The minimum atomic E-state index is -0.818. The van der Waals surface area contributed by atoms with Gasteiger partial charge in [0.2, 0.25) is 0 Å². The van der Waals surface area contributed by atoms with Crippen molar-refractivity contribution >= 4 is 34.8 Å². The van der Waals surface area contributed by atoms with E-state index in [1.54, 1.807) is 24.3 Å². The summed E-state index contributed by atoms with van der Waals surface area (Å²) in [5.41, 5.74) is 0.821. The lowest BCUT2D eigenvalue weighted by Crippen LogP contribution is -2.35. The maximum Gasteiger partial charge on any atom is 0.306 e. The molecule has 6 heteroatoms. The molecule has 4 nitrogen and oxygen atoms in total. The highest BCUT2D eigenvalue weighted by Crippen LogP contribution is 2.15. The second-order valence-corrected chi connectivity index (χ2v) is 6.81. The number of rotatable bonds is 8. The van der Waals surface area contributed by atoms with Crippen LogP contribution in [0.1, 0.15) is 30.2 Å². The topological polar surface area (TPSA) is 55.4 Å². The van der Waals surface area contributed by atoms with Crippen LogP contribution in [0.3, 0.4) is 0 Å². The molecule has 0 fully saturated rings. The molecule has 1 atom stereocenters. The third-order valence-corrected chi connectivity index (χ3v) is 4.78. The van der Waals surface area contributed by atoms with Gasteiger partial charge in [0, 0.05) is 22.9 Å². The van der Waals surface area contributed by atoms with Gasteiger partial charge in [0.1, 0.15) is 0 Å². The van der Waals surface area contributed by atoms with Crippen LogP contribution in [0.15, 0.2) is 41.8 Å². The number of aryl methyl sites for hydroxylation is 1. The molecule has 0 unspecified atom stereocenters. The molecule has 0 spiro atoms. The second kappa shape index (κ2) is 9.45. The highest BCUT2D eigenvalue weighted by atomic mass is 35.5. The third-order valence-electron chi connectivity index (χ3n) is 3.47. The molecule has 1 amide bonds. The molecule has 0 aliphatic heterocycles. The smallest absolute Gasteiger partial charge is 0.306 e. The number of esters is 1.